The number of nitrogens with two attached hydrogens (primary N) is 1. The van der Waals surface area contributed by atoms with Crippen molar-refractivity contribution >= 4 is 17.7 Å². The maximum Gasteiger partial charge on any atom is 0.238 e. The van der Waals surface area contributed by atoms with E-state index in [4.69, 9.17) is 10.6 Å². The molecule has 0 bridgehead atoms. The van der Waals surface area contributed by atoms with Gasteiger partial charge in [-0.2, -0.15) is 0 Å². The van der Waals surface area contributed by atoms with Crippen LogP contribution < -0.4 is 16.0 Å². The zero-order valence-corrected chi connectivity index (χ0v) is 10.4. The number of benzene rings is 1. The Balaban J connectivity index is 2.27. The van der Waals surface area contributed by atoms with Gasteiger partial charge in [-0.25, -0.2) is 20.2 Å². The van der Waals surface area contributed by atoms with E-state index in [-0.39, 0.29) is 11.0 Å². The largest absolute Gasteiger partial charge is 0.497 e. The Hall–Kier alpha value is -1.86. The van der Waals surface area contributed by atoms with Crippen molar-refractivity contribution in [1.29, 1.82) is 0 Å². The van der Waals surface area contributed by atoms with Crippen LogP contribution in [0, 0.1) is 5.82 Å². The minimum atomic E-state index is -0.498. The fourth-order valence-electron chi connectivity index (χ4n) is 1.27. The lowest BCUT2D eigenvalue weighted by Crippen LogP contribution is -2.11. The van der Waals surface area contributed by atoms with Crippen molar-refractivity contribution in [3.63, 3.8) is 0 Å². The van der Waals surface area contributed by atoms with Crippen LogP contribution in [0.2, 0.25) is 0 Å². The highest BCUT2D eigenvalue weighted by Gasteiger charge is 2.08. The molecule has 0 aliphatic rings. The maximum absolute atomic E-state index is 13.5. The third kappa shape index (κ3) is 2.88. The van der Waals surface area contributed by atoms with Gasteiger partial charge in [0.1, 0.15) is 10.8 Å². The molecule has 0 fully saturated rings. The summed E-state index contributed by atoms with van der Waals surface area (Å²) in [5.74, 6) is 5.55. The number of rotatable bonds is 4. The van der Waals surface area contributed by atoms with Gasteiger partial charge in [0.2, 0.25) is 5.95 Å². The molecule has 2 rings (SSSR count). The third-order valence-electron chi connectivity index (χ3n) is 2.10. The number of halogens is 1. The van der Waals surface area contributed by atoms with Crippen molar-refractivity contribution in [2.45, 2.75) is 9.92 Å². The smallest absolute Gasteiger partial charge is 0.238 e. The van der Waals surface area contributed by atoms with Crippen LogP contribution >= 0.6 is 11.8 Å². The van der Waals surface area contributed by atoms with E-state index < -0.39 is 5.82 Å². The first-order chi connectivity index (χ1) is 8.72. The number of methoxy groups -OCH3 is 1. The van der Waals surface area contributed by atoms with Gasteiger partial charge in [-0.15, -0.1) is 0 Å². The van der Waals surface area contributed by atoms with Gasteiger partial charge in [0.25, 0.3) is 0 Å². The summed E-state index contributed by atoms with van der Waals surface area (Å²) in [6.07, 6.45) is 1.07. The molecule has 0 radical (unpaired) electrons. The van der Waals surface area contributed by atoms with Gasteiger partial charge in [0.15, 0.2) is 5.82 Å². The zero-order valence-electron chi connectivity index (χ0n) is 9.55. The second kappa shape index (κ2) is 5.65. The summed E-state index contributed by atoms with van der Waals surface area (Å²) in [4.78, 5) is 8.43. The SMILES string of the molecule is COc1cccc(Sc2nc(NN)ncc2F)c1. The number of anilines is 1. The minimum Gasteiger partial charge on any atom is -0.497 e. The molecular weight excluding hydrogens is 255 g/mol. The first-order valence-corrected chi connectivity index (χ1v) is 5.85. The Morgan fingerprint density at radius 1 is 1.44 bits per heavy atom. The first-order valence-electron chi connectivity index (χ1n) is 5.04. The van der Waals surface area contributed by atoms with Crippen LogP contribution in [0.15, 0.2) is 40.4 Å². The highest BCUT2D eigenvalue weighted by molar-refractivity contribution is 7.99. The topological polar surface area (TPSA) is 73.1 Å². The van der Waals surface area contributed by atoms with Gasteiger partial charge in [0, 0.05) is 4.90 Å². The Morgan fingerprint density at radius 2 is 2.28 bits per heavy atom. The lowest BCUT2D eigenvalue weighted by molar-refractivity contribution is 0.413. The van der Waals surface area contributed by atoms with E-state index in [1.54, 1.807) is 13.2 Å². The molecule has 1 aromatic heterocycles. The molecule has 1 heterocycles. The summed E-state index contributed by atoms with van der Waals surface area (Å²) in [5.41, 5.74) is 2.28. The van der Waals surface area contributed by atoms with Crippen LogP contribution in [-0.4, -0.2) is 17.1 Å². The van der Waals surface area contributed by atoms with Crippen molar-refractivity contribution in [2.24, 2.45) is 5.84 Å². The standard InChI is InChI=1S/C11H11FN4OS/c1-17-7-3-2-4-8(5-7)18-10-9(12)6-14-11(15-10)16-13/h2-6H,13H2,1H3,(H,14,15,16). The predicted octanol–water partition coefficient (Wildman–Crippen LogP) is 2.06. The van der Waals surface area contributed by atoms with Crippen LogP contribution in [0.1, 0.15) is 0 Å². The van der Waals surface area contributed by atoms with Crippen molar-refractivity contribution in [1.82, 2.24) is 9.97 Å². The van der Waals surface area contributed by atoms with Crippen molar-refractivity contribution < 1.29 is 9.13 Å². The Morgan fingerprint density at radius 3 is 3.00 bits per heavy atom. The van der Waals surface area contributed by atoms with Gasteiger partial charge in [0.05, 0.1) is 13.3 Å². The number of nitrogens with zero attached hydrogens (tertiary/aromatic N) is 2. The number of hydrogen-bond donors (Lipinski definition) is 2. The number of aromatic nitrogens is 2. The van der Waals surface area contributed by atoms with Crippen molar-refractivity contribution in [3.8, 4) is 5.75 Å². The minimum absolute atomic E-state index is 0.168. The quantitative estimate of drug-likeness (QED) is 0.501. The van der Waals surface area contributed by atoms with Crippen molar-refractivity contribution in [3.05, 3.63) is 36.3 Å². The molecule has 3 N–H and O–H groups in total. The normalized spacial score (nSPS) is 10.2. The fourth-order valence-corrected chi connectivity index (χ4v) is 2.10. The van der Waals surface area contributed by atoms with Crippen LogP contribution in [0.5, 0.6) is 5.75 Å². The number of nitrogens with one attached hydrogen (secondary N) is 1. The van der Waals surface area contributed by atoms with E-state index in [2.05, 4.69) is 15.4 Å². The number of hydrogen-bond acceptors (Lipinski definition) is 6. The molecule has 0 spiro atoms. The average molecular weight is 266 g/mol. The van der Waals surface area contributed by atoms with Crippen molar-refractivity contribution in [2.75, 3.05) is 12.5 Å². The van der Waals surface area contributed by atoms with E-state index in [1.807, 2.05) is 18.2 Å². The molecule has 0 saturated heterocycles. The molecule has 94 valence electrons. The summed E-state index contributed by atoms with van der Waals surface area (Å²) < 4.78 is 18.6. The van der Waals surface area contributed by atoms with Crippen LogP contribution in [-0.2, 0) is 0 Å². The van der Waals surface area contributed by atoms with Gasteiger partial charge >= 0.3 is 0 Å². The average Bonchev–Trinajstić information content (AvgIpc) is 2.41. The molecule has 0 unspecified atom stereocenters. The molecule has 18 heavy (non-hydrogen) atoms. The van der Waals surface area contributed by atoms with E-state index >= 15 is 0 Å². The molecule has 7 heteroatoms. The summed E-state index contributed by atoms with van der Waals surface area (Å²) in [7, 11) is 1.57. The van der Waals surface area contributed by atoms with E-state index in [1.165, 1.54) is 11.8 Å². The number of ether oxygens (including phenoxy) is 1. The van der Waals surface area contributed by atoms with Gasteiger partial charge in [-0.05, 0) is 18.2 Å². The first kappa shape index (κ1) is 12.6. The summed E-state index contributed by atoms with van der Waals surface area (Å²) >= 11 is 1.17. The second-order valence-electron chi connectivity index (χ2n) is 3.27. The summed E-state index contributed by atoms with van der Waals surface area (Å²) in [6, 6.07) is 7.27. The third-order valence-corrected chi connectivity index (χ3v) is 3.07. The Bertz CT molecular complexity index is 552. The number of nitrogen functional groups attached to an aromatic ring is 1. The molecule has 0 amide bonds. The van der Waals surface area contributed by atoms with Gasteiger partial charge in [-0.1, -0.05) is 17.8 Å². The molecule has 0 aliphatic heterocycles. The van der Waals surface area contributed by atoms with Crippen LogP contribution in [0.25, 0.3) is 0 Å². The molecule has 5 nitrogen and oxygen atoms in total. The molecular formula is C11H11FN4OS. The second-order valence-corrected chi connectivity index (χ2v) is 4.33. The molecule has 0 aliphatic carbocycles. The summed E-state index contributed by atoms with van der Waals surface area (Å²) in [6.45, 7) is 0. The van der Waals surface area contributed by atoms with Gasteiger partial charge in [-0.3, -0.25) is 5.43 Å². The predicted molar refractivity (Wildman–Crippen MR) is 66.9 cm³/mol. The molecule has 0 saturated carbocycles. The van der Waals surface area contributed by atoms with Crippen LogP contribution in [0.4, 0.5) is 10.3 Å². The molecule has 2 aromatic rings. The lowest BCUT2D eigenvalue weighted by Gasteiger charge is -2.05. The molecule has 0 atom stereocenters. The fraction of sp³-hybridized carbons (Fsp3) is 0.0909. The summed E-state index contributed by atoms with van der Waals surface area (Å²) in [5, 5.41) is 0.200. The molecule has 1 aromatic carbocycles. The van der Waals surface area contributed by atoms with E-state index in [0.29, 0.717) is 5.75 Å². The Labute approximate surface area is 108 Å². The monoisotopic (exact) mass is 266 g/mol. The highest BCUT2D eigenvalue weighted by Crippen LogP contribution is 2.30. The highest BCUT2D eigenvalue weighted by atomic mass is 32.2. The van der Waals surface area contributed by atoms with E-state index in [9.17, 15) is 4.39 Å². The van der Waals surface area contributed by atoms with Gasteiger partial charge < -0.3 is 4.74 Å². The maximum atomic E-state index is 13.5. The zero-order chi connectivity index (χ0) is 13.0. The Kier molecular flexibility index (Phi) is 3.96. The lowest BCUT2D eigenvalue weighted by atomic mass is 10.3. The number of hydrazine groups is 1. The van der Waals surface area contributed by atoms with Crippen LogP contribution in [0.3, 0.4) is 0 Å². The van der Waals surface area contributed by atoms with E-state index in [0.717, 1.165) is 11.1 Å².